The zero-order valence-electron chi connectivity index (χ0n) is 12.7. The van der Waals surface area contributed by atoms with Gasteiger partial charge in [0, 0.05) is 11.1 Å². The van der Waals surface area contributed by atoms with E-state index in [1.54, 1.807) is 7.11 Å². The van der Waals surface area contributed by atoms with Gasteiger partial charge >= 0.3 is 0 Å². The van der Waals surface area contributed by atoms with Crippen molar-refractivity contribution in [2.24, 2.45) is 0 Å². The average molecular weight is 268 g/mol. The summed E-state index contributed by atoms with van der Waals surface area (Å²) in [6, 6.07) is 10.7. The second kappa shape index (κ2) is 4.27. The molecule has 2 heteroatoms. The maximum absolute atomic E-state index is 6.18. The molecule has 104 valence electrons. The highest BCUT2D eigenvalue weighted by Gasteiger charge is 2.33. The van der Waals surface area contributed by atoms with Crippen molar-refractivity contribution in [1.29, 1.82) is 0 Å². The van der Waals surface area contributed by atoms with Crippen molar-refractivity contribution in [3.8, 4) is 22.6 Å². The first kappa shape index (κ1) is 13.0. The number of ether oxygens (including phenoxy) is 2. The monoisotopic (exact) mass is 268 g/mol. The molecule has 0 saturated heterocycles. The van der Waals surface area contributed by atoms with Crippen molar-refractivity contribution in [2.75, 3.05) is 7.11 Å². The molecule has 0 aromatic heterocycles. The van der Waals surface area contributed by atoms with Gasteiger partial charge in [-0.3, -0.25) is 0 Å². The zero-order chi connectivity index (χ0) is 14.5. The molecule has 2 aromatic carbocycles. The molecular weight excluding hydrogens is 248 g/mol. The summed E-state index contributed by atoms with van der Waals surface area (Å²) in [4.78, 5) is 0. The van der Waals surface area contributed by atoms with E-state index in [0.717, 1.165) is 17.1 Å². The predicted octanol–water partition coefficient (Wildman–Crippen LogP) is 4.61. The van der Waals surface area contributed by atoms with Gasteiger partial charge in [0.25, 0.3) is 0 Å². The minimum absolute atomic E-state index is 0.349. The van der Waals surface area contributed by atoms with E-state index < -0.39 is 0 Å². The van der Waals surface area contributed by atoms with Gasteiger partial charge in [-0.2, -0.15) is 0 Å². The molecule has 2 aromatic rings. The molecule has 0 bridgehead atoms. The van der Waals surface area contributed by atoms with Crippen molar-refractivity contribution in [3.63, 3.8) is 0 Å². The lowest BCUT2D eigenvalue weighted by molar-refractivity contribution is 0.105. The fraction of sp³-hybridized carbons (Fsp3) is 0.333. The van der Waals surface area contributed by atoms with Crippen LogP contribution in [-0.4, -0.2) is 7.11 Å². The van der Waals surface area contributed by atoms with Crippen LogP contribution >= 0.6 is 0 Å². The quantitative estimate of drug-likeness (QED) is 0.752. The number of fused-ring (bicyclic) bond motifs is 3. The van der Waals surface area contributed by atoms with E-state index in [1.807, 2.05) is 0 Å². The van der Waals surface area contributed by atoms with Crippen LogP contribution in [0.3, 0.4) is 0 Å². The molecule has 1 aliphatic rings. The second-order valence-corrected chi connectivity index (χ2v) is 5.98. The Labute approximate surface area is 120 Å². The smallest absolute Gasteiger partial charge is 0.129 e. The molecule has 3 rings (SSSR count). The van der Waals surface area contributed by atoms with E-state index in [9.17, 15) is 0 Å². The Kier molecular flexibility index (Phi) is 2.79. The Hall–Kier alpha value is -1.96. The highest BCUT2D eigenvalue weighted by molar-refractivity contribution is 5.78. The lowest BCUT2D eigenvalue weighted by Gasteiger charge is -2.35. The summed E-state index contributed by atoms with van der Waals surface area (Å²) < 4.78 is 11.6. The summed E-state index contributed by atoms with van der Waals surface area (Å²) in [5.74, 6) is 1.87. The molecule has 2 nitrogen and oxygen atoms in total. The SMILES string of the molecule is COc1cc2c(cc1C)-c1cc(C)ccc1OC2(C)C. The first-order valence-corrected chi connectivity index (χ1v) is 6.91. The van der Waals surface area contributed by atoms with Gasteiger partial charge in [-0.1, -0.05) is 11.6 Å². The largest absolute Gasteiger partial charge is 0.496 e. The van der Waals surface area contributed by atoms with E-state index in [1.165, 1.54) is 22.3 Å². The predicted molar refractivity (Wildman–Crippen MR) is 81.6 cm³/mol. The third-order valence-corrected chi connectivity index (χ3v) is 3.97. The fourth-order valence-electron chi connectivity index (χ4n) is 2.90. The summed E-state index contributed by atoms with van der Waals surface area (Å²) in [6.07, 6.45) is 0. The van der Waals surface area contributed by atoms with Gasteiger partial charge in [-0.25, -0.2) is 0 Å². The molecule has 0 aliphatic carbocycles. The summed E-state index contributed by atoms with van der Waals surface area (Å²) in [7, 11) is 1.71. The second-order valence-electron chi connectivity index (χ2n) is 5.98. The standard InChI is InChI=1S/C18H20O2/c1-11-6-7-16-14(8-11)13-9-12(2)17(19-5)10-15(13)18(3,4)20-16/h6-10H,1-5H3. The highest BCUT2D eigenvalue weighted by atomic mass is 16.5. The van der Waals surface area contributed by atoms with Gasteiger partial charge in [-0.05, 0) is 63.1 Å². The van der Waals surface area contributed by atoms with E-state index in [4.69, 9.17) is 9.47 Å². The Morgan fingerprint density at radius 3 is 2.45 bits per heavy atom. The van der Waals surface area contributed by atoms with Crippen LogP contribution in [0.15, 0.2) is 30.3 Å². The van der Waals surface area contributed by atoms with Crippen LogP contribution in [0.25, 0.3) is 11.1 Å². The molecule has 1 heterocycles. The Morgan fingerprint density at radius 2 is 1.75 bits per heavy atom. The first-order chi connectivity index (χ1) is 9.42. The normalized spacial score (nSPS) is 15.1. The van der Waals surface area contributed by atoms with Gasteiger partial charge in [0.1, 0.15) is 17.1 Å². The average Bonchev–Trinajstić information content (AvgIpc) is 2.39. The van der Waals surface area contributed by atoms with Crippen LogP contribution in [0.4, 0.5) is 0 Å². The van der Waals surface area contributed by atoms with Crippen molar-refractivity contribution in [2.45, 2.75) is 33.3 Å². The number of benzene rings is 2. The maximum Gasteiger partial charge on any atom is 0.129 e. The molecule has 0 atom stereocenters. The highest BCUT2D eigenvalue weighted by Crippen LogP contribution is 2.47. The number of rotatable bonds is 1. The van der Waals surface area contributed by atoms with Crippen LogP contribution in [0, 0.1) is 13.8 Å². The molecule has 0 N–H and O–H groups in total. The third kappa shape index (κ3) is 1.87. The van der Waals surface area contributed by atoms with E-state index in [-0.39, 0.29) is 5.60 Å². The summed E-state index contributed by atoms with van der Waals surface area (Å²) in [5.41, 5.74) is 5.64. The lowest BCUT2D eigenvalue weighted by atomic mass is 9.84. The summed E-state index contributed by atoms with van der Waals surface area (Å²) in [5, 5.41) is 0. The molecule has 0 radical (unpaired) electrons. The number of hydrogen-bond acceptors (Lipinski definition) is 2. The zero-order valence-corrected chi connectivity index (χ0v) is 12.7. The molecule has 0 unspecified atom stereocenters. The summed E-state index contributed by atoms with van der Waals surface area (Å²) in [6.45, 7) is 8.39. The van der Waals surface area contributed by atoms with Crippen LogP contribution in [0.1, 0.15) is 30.5 Å². The van der Waals surface area contributed by atoms with Crippen molar-refractivity contribution < 1.29 is 9.47 Å². The van der Waals surface area contributed by atoms with Crippen molar-refractivity contribution >= 4 is 0 Å². The molecule has 0 saturated carbocycles. The van der Waals surface area contributed by atoms with Gasteiger partial charge in [0.05, 0.1) is 7.11 Å². The van der Waals surface area contributed by atoms with E-state index >= 15 is 0 Å². The Bertz CT molecular complexity index is 684. The Balaban J connectivity index is 2.33. The molecule has 0 amide bonds. The van der Waals surface area contributed by atoms with Crippen LogP contribution in [-0.2, 0) is 5.60 Å². The van der Waals surface area contributed by atoms with Crippen LogP contribution in [0.2, 0.25) is 0 Å². The maximum atomic E-state index is 6.18. The minimum Gasteiger partial charge on any atom is -0.496 e. The number of hydrogen-bond donors (Lipinski definition) is 0. The first-order valence-electron chi connectivity index (χ1n) is 6.91. The number of methoxy groups -OCH3 is 1. The number of aryl methyl sites for hydroxylation is 2. The van der Waals surface area contributed by atoms with E-state index in [0.29, 0.717) is 0 Å². The van der Waals surface area contributed by atoms with Crippen LogP contribution in [0.5, 0.6) is 11.5 Å². The Morgan fingerprint density at radius 1 is 1.00 bits per heavy atom. The molecule has 0 fully saturated rings. The molecular formula is C18H20O2. The van der Waals surface area contributed by atoms with Gasteiger partial charge in [-0.15, -0.1) is 0 Å². The van der Waals surface area contributed by atoms with Crippen molar-refractivity contribution in [3.05, 3.63) is 47.0 Å². The van der Waals surface area contributed by atoms with Gasteiger partial charge < -0.3 is 9.47 Å². The van der Waals surface area contributed by atoms with Gasteiger partial charge in [0.15, 0.2) is 0 Å². The van der Waals surface area contributed by atoms with Crippen molar-refractivity contribution in [1.82, 2.24) is 0 Å². The fourth-order valence-corrected chi connectivity index (χ4v) is 2.90. The lowest BCUT2D eigenvalue weighted by Crippen LogP contribution is -2.29. The minimum atomic E-state index is -0.349. The van der Waals surface area contributed by atoms with Gasteiger partial charge in [0.2, 0.25) is 0 Å². The summed E-state index contributed by atoms with van der Waals surface area (Å²) >= 11 is 0. The third-order valence-electron chi connectivity index (χ3n) is 3.97. The van der Waals surface area contributed by atoms with Crippen LogP contribution < -0.4 is 9.47 Å². The topological polar surface area (TPSA) is 18.5 Å². The molecule has 20 heavy (non-hydrogen) atoms. The molecule has 1 aliphatic heterocycles. The molecule has 0 spiro atoms. The van der Waals surface area contributed by atoms with E-state index in [2.05, 4.69) is 58.0 Å².